The standard InChI is InChI=1S/C27H32ClN3O3/c28-22-6-3-5-20(16-22)25(27(33)34)31-15-12-21(17-31)26(32)30-13-10-19(11-14-30)24-9-8-18-4-1-2-7-23(18)29-24/h3,5-6,8-9,16,19,21,25H,1-2,4,7,10-15,17H2,(H,33,34)/t21-,25-/m1/s1. The molecule has 1 amide bonds. The molecule has 1 aliphatic carbocycles. The number of nitrogens with zero attached hydrogens (tertiary/aromatic N) is 3. The molecule has 1 N–H and O–H groups in total. The Bertz CT molecular complexity index is 1070. The Kier molecular flexibility index (Phi) is 6.89. The van der Waals surface area contributed by atoms with Crippen LogP contribution in [0, 0.1) is 5.92 Å². The first-order chi connectivity index (χ1) is 16.5. The van der Waals surface area contributed by atoms with Gasteiger partial charge >= 0.3 is 5.97 Å². The average Bonchev–Trinajstić information content (AvgIpc) is 3.33. The fourth-order valence-corrected chi connectivity index (χ4v) is 6.09. The van der Waals surface area contributed by atoms with E-state index in [0.717, 1.165) is 38.8 Å². The molecule has 0 bridgehead atoms. The number of halogens is 1. The lowest BCUT2D eigenvalue weighted by Crippen LogP contribution is -2.42. The van der Waals surface area contributed by atoms with Crippen molar-refractivity contribution in [1.29, 1.82) is 0 Å². The highest BCUT2D eigenvalue weighted by atomic mass is 35.5. The predicted octanol–water partition coefficient (Wildman–Crippen LogP) is 4.47. The maximum absolute atomic E-state index is 13.3. The number of fused-ring (bicyclic) bond motifs is 1. The Morgan fingerprint density at radius 3 is 2.59 bits per heavy atom. The third-order valence-electron chi connectivity index (χ3n) is 7.76. The van der Waals surface area contributed by atoms with Crippen LogP contribution in [-0.2, 0) is 22.4 Å². The number of rotatable bonds is 5. The van der Waals surface area contributed by atoms with Gasteiger partial charge in [0.25, 0.3) is 0 Å². The molecule has 3 aliphatic rings. The number of pyridine rings is 1. The Balaban J connectivity index is 1.19. The lowest BCUT2D eigenvalue weighted by Gasteiger charge is -2.34. The van der Waals surface area contributed by atoms with Gasteiger partial charge in [-0.2, -0.15) is 0 Å². The number of benzene rings is 1. The molecular formula is C27H32ClN3O3. The van der Waals surface area contributed by atoms with Crippen molar-refractivity contribution >= 4 is 23.5 Å². The number of carboxylic acids is 1. The highest BCUT2D eigenvalue weighted by molar-refractivity contribution is 6.30. The van der Waals surface area contributed by atoms with E-state index in [1.807, 2.05) is 9.80 Å². The zero-order valence-electron chi connectivity index (χ0n) is 19.5. The SMILES string of the molecule is O=C(O)[C@@H](c1cccc(Cl)c1)N1CC[C@@H](C(=O)N2CCC(c3ccc4c(n3)CCCC4)CC2)C1. The molecule has 7 heteroatoms. The molecule has 34 heavy (non-hydrogen) atoms. The van der Waals surface area contributed by atoms with Crippen LogP contribution >= 0.6 is 11.6 Å². The van der Waals surface area contributed by atoms with E-state index >= 15 is 0 Å². The van der Waals surface area contributed by atoms with Crippen LogP contribution in [0.2, 0.25) is 5.02 Å². The monoisotopic (exact) mass is 481 g/mol. The van der Waals surface area contributed by atoms with Gasteiger partial charge in [-0.25, -0.2) is 0 Å². The Morgan fingerprint density at radius 2 is 1.82 bits per heavy atom. The number of aryl methyl sites for hydroxylation is 2. The lowest BCUT2D eigenvalue weighted by molar-refractivity contribution is -0.144. The van der Waals surface area contributed by atoms with E-state index in [9.17, 15) is 14.7 Å². The van der Waals surface area contributed by atoms with Crippen LogP contribution in [0.15, 0.2) is 36.4 Å². The summed E-state index contributed by atoms with van der Waals surface area (Å²) in [6.45, 7) is 2.55. The third kappa shape index (κ3) is 4.84. The first kappa shape index (κ1) is 23.3. The Hall–Kier alpha value is -2.44. The van der Waals surface area contributed by atoms with Crippen molar-refractivity contribution < 1.29 is 14.7 Å². The van der Waals surface area contributed by atoms with E-state index in [0.29, 0.717) is 36.0 Å². The molecule has 2 fully saturated rings. The number of carboxylic acid groups (broad SMARTS) is 1. The van der Waals surface area contributed by atoms with Crippen LogP contribution in [0.3, 0.4) is 0 Å². The smallest absolute Gasteiger partial charge is 0.325 e. The Morgan fingerprint density at radius 1 is 1.03 bits per heavy atom. The molecule has 2 aliphatic heterocycles. The minimum Gasteiger partial charge on any atom is -0.480 e. The molecule has 6 nitrogen and oxygen atoms in total. The minimum atomic E-state index is -0.909. The van der Waals surface area contributed by atoms with Crippen LogP contribution in [0.1, 0.15) is 66.6 Å². The van der Waals surface area contributed by atoms with Gasteiger partial charge in [-0.15, -0.1) is 0 Å². The summed E-state index contributed by atoms with van der Waals surface area (Å²) in [6, 6.07) is 10.7. The topological polar surface area (TPSA) is 73.7 Å². The van der Waals surface area contributed by atoms with Crippen molar-refractivity contribution in [3.8, 4) is 0 Å². The second kappa shape index (κ2) is 10.0. The first-order valence-corrected chi connectivity index (χ1v) is 12.9. The normalized spacial score (nSPS) is 22.4. The number of aromatic nitrogens is 1. The maximum Gasteiger partial charge on any atom is 0.325 e. The van der Waals surface area contributed by atoms with Gasteiger partial charge < -0.3 is 10.0 Å². The van der Waals surface area contributed by atoms with Crippen LogP contribution in [-0.4, -0.2) is 57.9 Å². The fraction of sp³-hybridized carbons (Fsp3) is 0.519. The zero-order chi connectivity index (χ0) is 23.7. The molecule has 1 aromatic heterocycles. The predicted molar refractivity (Wildman–Crippen MR) is 131 cm³/mol. The lowest BCUT2D eigenvalue weighted by atomic mass is 9.90. The van der Waals surface area contributed by atoms with E-state index in [-0.39, 0.29) is 11.8 Å². The summed E-state index contributed by atoms with van der Waals surface area (Å²) < 4.78 is 0. The second-order valence-corrected chi connectivity index (χ2v) is 10.4. The summed E-state index contributed by atoms with van der Waals surface area (Å²) in [5.74, 6) is -0.488. The average molecular weight is 482 g/mol. The molecule has 1 aromatic carbocycles. The highest BCUT2D eigenvalue weighted by Gasteiger charge is 2.38. The quantitative estimate of drug-likeness (QED) is 0.682. The highest BCUT2D eigenvalue weighted by Crippen LogP contribution is 2.33. The van der Waals surface area contributed by atoms with Crippen LogP contribution in [0.25, 0.3) is 0 Å². The molecule has 0 spiro atoms. The van der Waals surface area contributed by atoms with E-state index < -0.39 is 12.0 Å². The molecule has 2 aromatic rings. The Labute approximate surface area is 205 Å². The molecule has 0 unspecified atom stereocenters. The van der Waals surface area contributed by atoms with Gasteiger partial charge in [-0.3, -0.25) is 19.5 Å². The van der Waals surface area contributed by atoms with Gasteiger partial charge in [0, 0.05) is 48.5 Å². The largest absolute Gasteiger partial charge is 0.480 e. The van der Waals surface area contributed by atoms with Crippen molar-refractivity contribution in [3.05, 3.63) is 63.9 Å². The van der Waals surface area contributed by atoms with Gasteiger partial charge in [0.05, 0.1) is 5.92 Å². The number of hydrogen-bond acceptors (Lipinski definition) is 4. The van der Waals surface area contributed by atoms with Crippen LogP contribution in [0.5, 0.6) is 0 Å². The van der Waals surface area contributed by atoms with Gasteiger partial charge in [0.1, 0.15) is 6.04 Å². The van der Waals surface area contributed by atoms with Gasteiger partial charge in [0.2, 0.25) is 5.91 Å². The number of likely N-dealkylation sites (tertiary alicyclic amines) is 2. The van der Waals surface area contributed by atoms with Crippen LogP contribution in [0.4, 0.5) is 0 Å². The maximum atomic E-state index is 13.3. The zero-order valence-corrected chi connectivity index (χ0v) is 20.2. The molecule has 0 saturated carbocycles. The van der Waals surface area contributed by atoms with E-state index in [2.05, 4.69) is 12.1 Å². The fourth-order valence-electron chi connectivity index (χ4n) is 5.89. The summed E-state index contributed by atoms with van der Waals surface area (Å²) in [6.07, 6.45) is 7.30. The molecule has 5 rings (SSSR count). The number of aliphatic carboxylic acids is 1. The summed E-state index contributed by atoms with van der Waals surface area (Å²) in [5, 5.41) is 10.4. The minimum absolute atomic E-state index is 0.153. The number of amides is 1. The first-order valence-electron chi connectivity index (χ1n) is 12.5. The van der Waals surface area contributed by atoms with Crippen LogP contribution < -0.4 is 0 Å². The summed E-state index contributed by atoms with van der Waals surface area (Å²) >= 11 is 6.10. The summed E-state index contributed by atoms with van der Waals surface area (Å²) in [7, 11) is 0. The molecule has 2 saturated heterocycles. The van der Waals surface area contributed by atoms with Crippen molar-refractivity contribution in [2.45, 2.75) is 56.9 Å². The second-order valence-electron chi connectivity index (χ2n) is 9.92. The number of carbonyl (C=O) groups excluding carboxylic acids is 1. The number of hydrogen-bond donors (Lipinski definition) is 1. The van der Waals surface area contributed by atoms with Gasteiger partial charge in [0.15, 0.2) is 0 Å². The van der Waals surface area contributed by atoms with Crippen molar-refractivity contribution in [2.75, 3.05) is 26.2 Å². The molecule has 2 atom stereocenters. The molecule has 0 radical (unpaired) electrons. The van der Waals surface area contributed by atoms with Crippen molar-refractivity contribution in [3.63, 3.8) is 0 Å². The molecular weight excluding hydrogens is 450 g/mol. The van der Waals surface area contributed by atoms with E-state index in [4.69, 9.17) is 16.6 Å². The molecule has 180 valence electrons. The van der Waals surface area contributed by atoms with Gasteiger partial charge in [-0.05, 0) is 74.3 Å². The number of carbonyl (C=O) groups is 2. The van der Waals surface area contributed by atoms with E-state index in [1.54, 1.807) is 24.3 Å². The van der Waals surface area contributed by atoms with Crippen molar-refractivity contribution in [2.24, 2.45) is 5.92 Å². The summed E-state index contributed by atoms with van der Waals surface area (Å²) in [4.78, 5) is 34.2. The molecule has 3 heterocycles. The van der Waals surface area contributed by atoms with Crippen molar-refractivity contribution in [1.82, 2.24) is 14.8 Å². The van der Waals surface area contributed by atoms with E-state index in [1.165, 1.54) is 29.8 Å². The third-order valence-corrected chi connectivity index (χ3v) is 7.99. The van der Waals surface area contributed by atoms with Gasteiger partial charge in [-0.1, -0.05) is 29.8 Å². The number of piperidine rings is 1. The summed E-state index contributed by atoms with van der Waals surface area (Å²) in [5.41, 5.74) is 4.53.